The number of aromatic carboxylic acids is 1. The van der Waals surface area contributed by atoms with Crippen molar-refractivity contribution in [2.24, 2.45) is 0 Å². The van der Waals surface area contributed by atoms with Crippen LogP contribution in [0.2, 0.25) is 0 Å². The Morgan fingerprint density at radius 3 is 2.12 bits per heavy atom. The van der Waals surface area contributed by atoms with Crippen LogP contribution in [0, 0.1) is 20.8 Å². The molecule has 0 aliphatic carbocycles. The molecule has 1 heterocycles. The van der Waals surface area contributed by atoms with Crippen molar-refractivity contribution in [3.63, 3.8) is 0 Å². The minimum Gasteiger partial charge on any atom is -0.478 e. The molecule has 42 heavy (non-hydrogen) atoms. The van der Waals surface area contributed by atoms with Gasteiger partial charge in [0.25, 0.3) is 10.0 Å². The maximum Gasteiger partial charge on any atom is 0.490 e. The lowest BCUT2D eigenvalue weighted by Crippen LogP contribution is -2.52. The van der Waals surface area contributed by atoms with Crippen LogP contribution in [-0.4, -0.2) is 62.4 Å². The normalized spacial score (nSPS) is 15.5. The van der Waals surface area contributed by atoms with Crippen LogP contribution >= 0.6 is 0 Å². The number of nitrogens with zero attached hydrogens (tertiary/aromatic N) is 2. The lowest BCUT2D eigenvalue weighted by atomic mass is 10.1. The van der Waals surface area contributed by atoms with Gasteiger partial charge in [-0.25, -0.2) is 18.0 Å². The molecule has 0 amide bonds. The van der Waals surface area contributed by atoms with Crippen molar-refractivity contribution in [3.05, 3.63) is 82.9 Å². The number of aryl methyl sites for hydroxylation is 3. The van der Waals surface area contributed by atoms with Crippen molar-refractivity contribution in [3.8, 4) is 0 Å². The van der Waals surface area contributed by atoms with Crippen LogP contribution in [0.5, 0.6) is 0 Å². The lowest BCUT2D eigenvalue weighted by molar-refractivity contribution is -0.192. The smallest absolute Gasteiger partial charge is 0.478 e. The fraction of sp³-hybridized carbons (Fsp3) is 0.310. The summed E-state index contributed by atoms with van der Waals surface area (Å²) in [5.74, 6) is -3.87. The summed E-state index contributed by atoms with van der Waals surface area (Å²) in [6.45, 7) is 9.96. The molecule has 3 aromatic rings. The van der Waals surface area contributed by atoms with E-state index in [9.17, 15) is 31.5 Å². The van der Waals surface area contributed by atoms with Gasteiger partial charge in [0.15, 0.2) is 0 Å². The van der Waals surface area contributed by atoms with Crippen molar-refractivity contribution >= 4 is 39.0 Å². The fourth-order valence-electron chi connectivity index (χ4n) is 4.69. The van der Waals surface area contributed by atoms with Crippen molar-refractivity contribution < 1.29 is 41.4 Å². The van der Waals surface area contributed by atoms with Gasteiger partial charge in [-0.05, 0) is 75.2 Å². The predicted octanol–water partition coefficient (Wildman–Crippen LogP) is 5.46. The van der Waals surface area contributed by atoms with Gasteiger partial charge in [-0.2, -0.15) is 13.2 Å². The van der Waals surface area contributed by atoms with E-state index in [4.69, 9.17) is 9.90 Å². The number of aliphatic carboxylic acids is 1. The highest BCUT2D eigenvalue weighted by atomic mass is 32.2. The summed E-state index contributed by atoms with van der Waals surface area (Å²) in [5, 5.41) is 16.7. The zero-order chi connectivity index (χ0) is 31.4. The third-order valence-electron chi connectivity index (χ3n) is 6.65. The number of carbonyl (C=O) groups is 2. The first-order chi connectivity index (χ1) is 19.5. The van der Waals surface area contributed by atoms with Gasteiger partial charge in [0.05, 0.1) is 21.8 Å². The number of alkyl halides is 3. The quantitative estimate of drug-likeness (QED) is 0.337. The highest BCUT2D eigenvalue weighted by Crippen LogP contribution is 2.33. The first kappa shape index (κ1) is 32.3. The number of nitrogens with one attached hydrogen (secondary N) is 1. The molecule has 0 saturated carbocycles. The van der Waals surface area contributed by atoms with E-state index in [2.05, 4.69) is 46.6 Å². The number of carboxylic acids is 2. The van der Waals surface area contributed by atoms with Crippen molar-refractivity contribution in [1.82, 2.24) is 0 Å². The van der Waals surface area contributed by atoms with Crippen LogP contribution in [-0.2, 0) is 14.8 Å². The maximum absolute atomic E-state index is 13.3. The van der Waals surface area contributed by atoms with E-state index in [0.29, 0.717) is 24.3 Å². The summed E-state index contributed by atoms with van der Waals surface area (Å²) in [5.41, 5.74) is 4.92. The Labute approximate surface area is 242 Å². The Morgan fingerprint density at radius 1 is 0.929 bits per heavy atom. The number of hydrogen-bond donors (Lipinski definition) is 3. The van der Waals surface area contributed by atoms with E-state index < -0.39 is 28.1 Å². The first-order valence-electron chi connectivity index (χ1n) is 12.9. The van der Waals surface area contributed by atoms with Crippen LogP contribution in [0.25, 0.3) is 0 Å². The standard InChI is InChI=1S/C27H31N3O4S.C2HF3O2/c1-18-6-5-7-23(15-18)30-13-12-29(17-21(30)4)25-10-9-22(27(31)32)16-24(25)28-35(33,34)26-11-8-19(2)14-20(26)3;3-2(4,5)1(6)7/h5-11,14-16,21,28H,12-13,17H2,1-4H3,(H,31,32);(H,6,7). The minimum absolute atomic E-state index is 0.0264. The summed E-state index contributed by atoms with van der Waals surface area (Å²) >= 11 is 0. The molecule has 1 unspecified atom stereocenters. The molecule has 0 aromatic heterocycles. The molecule has 3 N–H and O–H groups in total. The monoisotopic (exact) mass is 607 g/mol. The molecule has 0 spiro atoms. The van der Waals surface area contributed by atoms with Gasteiger partial charge in [-0.15, -0.1) is 0 Å². The van der Waals surface area contributed by atoms with Crippen LogP contribution in [0.1, 0.15) is 34.0 Å². The molecule has 1 saturated heterocycles. The average Bonchev–Trinajstić information content (AvgIpc) is 2.88. The number of anilines is 3. The second-order valence-electron chi connectivity index (χ2n) is 10.0. The van der Waals surface area contributed by atoms with E-state index in [1.54, 1.807) is 25.1 Å². The molecule has 0 bridgehead atoms. The average molecular weight is 608 g/mol. The number of piperazine rings is 1. The Kier molecular flexibility index (Phi) is 9.77. The van der Waals surface area contributed by atoms with Crippen LogP contribution in [0.15, 0.2) is 65.6 Å². The molecule has 0 radical (unpaired) electrons. The minimum atomic E-state index is -5.08. The van der Waals surface area contributed by atoms with Gasteiger partial charge in [-0.3, -0.25) is 4.72 Å². The van der Waals surface area contributed by atoms with E-state index in [0.717, 1.165) is 17.8 Å². The van der Waals surface area contributed by atoms with Crippen LogP contribution < -0.4 is 14.5 Å². The molecule has 226 valence electrons. The third-order valence-corrected chi connectivity index (χ3v) is 8.18. The van der Waals surface area contributed by atoms with Crippen molar-refractivity contribution in [2.45, 2.75) is 44.8 Å². The Bertz CT molecular complexity index is 1580. The number of benzene rings is 3. The lowest BCUT2D eigenvalue weighted by Gasteiger charge is -2.43. The molecule has 4 rings (SSSR count). The van der Waals surface area contributed by atoms with Gasteiger partial charge in [0, 0.05) is 31.4 Å². The van der Waals surface area contributed by atoms with E-state index in [1.165, 1.54) is 17.7 Å². The molecular weight excluding hydrogens is 575 g/mol. The summed E-state index contributed by atoms with van der Waals surface area (Å²) in [6.07, 6.45) is -5.08. The number of halogens is 3. The zero-order valence-corrected chi connectivity index (χ0v) is 24.3. The summed E-state index contributed by atoms with van der Waals surface area (Å²) in [7, 11) is -3.92. The molecular formula is C29H32F3N3O6S. The Hall–Kier alpha value is -4.26. The number of hydrogen-bond acceptors (Lipinski definition) is 6. The van der Waals surface area contributed by atoms with E-state index >= 15 is 0 Å². The van der Waals surface area contributed by atoms with E-state index in [1.807, 2.05) is 19.1 Å². The fourth-order valence-corrected chi connectivity index (χ4v) is 5.99. The molecule has 1 aliphatic rings. The highest BCUT2D eigenvalue weighted by molar-refractivity contribution is 7.92. The second-order valence-corrected chi connectivity index (χ2v) is 11.7. The van der Waals surface area contributed by atoms with Crippen LogP contribution in [0.3, 0.4) is 0 Å². The summed E-state index contributed by atoms with van der Waals surface area (Å²) < 4.78 is 61.0. The molecule has 1 aliphatic heterocycles. The maximum atomic E-state index is 13.3. The van der Waals surface area contributed by atoms with Crippen LogP contribution in [0.4, 0.5) is 30.2 Å². The third kappa shape index (κ3) is 7.93. The molecule has 13 heteroatoms. The number of sulfonamides is 1. The number of rotatable bonds is 6. The summed E-state index contributed by atoms with van der Waals surface area (Å²) in [4.78, 5) is 25.2. The highest BCUT2D eigenvalue weighted by Gasteiger charge is 2.38. The number of carboxylic acid groups (broad SMARTS) is 2. The van der Waals surface area contributed by atoms with Gasteiger partial charge < -0.3 is 20.0 Å². The molecule has 1 fully saturated rings. The van der Waals surface area contributed by atoms with E-state index in [-0.39, 0.29) is 22.2 Å². The van der Waals surface area contributed by atoms with Gasteiger partial charge >= 0.3 is 18.1 Å². The van der Waals surface area contributed by atoms with Gasteiger partial charge in [0.1, 0.15) is 0 Å². The molecule has 1 atom stereocenters. The SMILES string of the molecule is Cc1cccc(N2CCN(c3ccc(C(=O)O)cc3NS(=O)(=O)c3ccc(C)cc3C)CC2C)c1.O=C(O)C(F)(F)F. The Morgan fingerprint density at radius 2 is 1.57 bits per heavy atom. The predicted molar refractivity (Wildman–Crippen MR) is 154 cm³/mol. The molecule has 3 aromatic carbocycles. The molecule has 9 nitrogen and oxygen atoms in total. The topological polar surface area (TPSA) is 127 Å². The van der Waals surface area contributed by atoms with Gasteiger partial charge in [-0.1, -0.05) is 29.8 Å². The second kappa shape index (κ2) is 12.7. The first-order valence-corrected chi connectivity index (χ1v) is 14.3. The zero-order valence-electron chi connectivity index (χ0n) is 23.4. The largest absolute Gasteiger partial charge is 0.490 e. The summed E-state index contributed by atoms with van der Waals surface area (Å²) in [6, 6.07) is 18.3. The Balaban J connectivity index is 0.000000616. The van der Waals surface area contributed by atoms with Gasteiger partial charge in [0.2, 0.25) is 0 Å². The van der Waals surface area contributed by atoms with Crippen molar-refractivity contribution in [1.29, 1.82) is 0 Å². The van der Waals surface area contributed by atoms with Crippen molar-refractivity contribution in [2.75, 3.05) is 34.2 Å².